The van der Waals surface area contributed by atoms with E-state index in [-0.39, 0.29) is 5.56 Å². The molecule has 0 aliphatic rings. The van der Waals surface area contributed by atoms with Crippen LogP contribution in [0, 0.1) is 6.92 Å². The van der Waals surface area contributed by atoms with Gasteiger partial charge < -0.3 is 9.67 Å². The van der Waals surface area contributed by atoms with Gasteiger partial charge in [-0.05, 0) is 6.92 Å². The molecular formula is C12H12N2O3S. The number of aromatic carboxylic acids is 1. The Morgan fingerprint density at radius 3 is 2.94 bits per heavy atom. The van der Waals surface area contributed by atoms with E-state index in [0.717, 1.165) is 17.1 Å². The largest absolute Gasteiger partial charge is 0.477 e. The highest BCUT2D eigenvalue weighted by Crippen LogP contribution is 2.07. The normalized spacial score (nSPS) is 10.5. The van der Waals surface area contributed by atoms with Crippen molar-refractivity contribution in [1.29, 1.82) is 0 Å². The SMILES string of the molecule is Cc1cc(=O)c(C(=O)O)cn1CCc1nccs1. The van der Waals surface area contributed by atoms with Gasteiger partial charge in [-0.15, -0.1) is 11.3 Å². The van der Waals surface area contributed by atoms with Crippen LogP contribution in [0.5, 0.6) is 0 Å². The first-order valence-electron chi connectivity index (χ1n) is 5.40. The van der Waals surface area contributed by atoms with Gasteiger partial charge in [0, 0.05) is 42.5 Å². The molecule has 0 radical (unpaired) electrons. The molecule has 0 aromatic carbocycles. The molecule has 6 heteroatoms. The van der Waals surface area contributed by atoms with Crippen LogP contribution < -0.4 is 5.43 Å². The number of carboxylic acids is 1. The van der Waals surface area contributed by atoms with Crippen molar-refractivity contribution in [3.8, 4) is 0 Å². The molecule has 2 aromatic rings. The standard InChI is InChI=1S/C12H12N2O3S/c1-8-6-10(15)9(12(16)17)7-14(8)4-2-11-13-3-5-18-11/h3,5-7H,2,4H2,1H3,(H,16,17). The second-order valence-corrected chi connectivity index (χ2v) is 4.85. The van der Waals surface area contributed by atoms with Gasteiger partial charge in [-0.3, -0.25) is 4.79 Å². The number of rotatable bonds is 4. The minimum Gasteiger partial charge on any atom is -0.477 e. The van der Waals surface area contributed by atoms with Crippen LogP contribution >= 0.6 is 11.3 Å². The summed E-state index contributed by atoms with van der Waals surface area (Å²) in [5.41, 5.74) is 0.104. The van der Waals surface area contributed by atoms with Crippen LogP contribution in [0.2, 0.25) is 0 Å². The van der Waals surface area contributed by atoms with Gasteiger partial charge in [0.1, 0.15) is 5.56 Å². The number of carboxylic acid groups (broad SMARTS) is 1. The Morgan fingerprint density at radius 1 is 1.56 bits per heavy atom. The molecule has 0 saturated carbocycles. The van der Waals surface area contributed by atoms with Crippen LogP contribution in [0.25, 0.3) is 0 Å². The zero-order chi connectivity index (χ0) is 13.1. The summed E-state index contributed by atoms with van der Waals surface area (Å²) in [6.45, 7) is 2.40. The molecule has 1 N–H and O–H groups in total. The second kappa shape index (κ2) is 5.14. The molecule has 2 rings (SSSR count). The summed E-state index contributed by atoms with van der Waals surface area (Å²) in [4.78, 5) is 26.5. The van der Waals surface area contributed by atoms with Gasteiger partial charge >= 0.3 is 5.97 Å². The zero-order valence-corrected chi connectivity index (χ0v) is 10.6. The summed E-state index contributed by atoms with van der Waals surface area (Å²) in [6.07, 6.45) is 3.86. The Kier molecular flexibility index (Phi) is 3.57. The van der Waals surface area contributed by atoms with Gasteiger partial charge in [0.05, 0.1) is 5.01 Å². The second-order valence-electron chi connectivity index (χ2n) is 3.87. The Bertz CT molecular complexity index is 617. The molecule has 2 aromatic heterocycles. The lowest BCUT2D eigenvalue weighted by Gasteiger charge is -2.10. The average molecular weight is 264 g/mol. The van der Waals surface area contributed by atoms with E-state index in [2.05, 4.69) is 4.98 Å². The number of aryl methyl sites for hydroxylation is 3. The van der Waals surface area contributed by atoms with E-state index in [1.165, 1.54) is 12.3 Å². The monoisotopic (exact) mass is 264 g/mol. The summed E-state index contributed by atoms with van der Waals surface area (Å²) in [5, 5.41) is 11.8. The lowest BCUT2D eigenvalue weighted by atomic mass is 10.2. The number of aromatic nitrogens is 2. The molecule has 94 valence electrons. The minimum absolute atomic E-state index is 0.195. The summed E-state index contributed by atoms with van der Waals surface area (Å²) in [6, 6.07) is 1.35. The fourth-order valence-corrected chi connectivity index (χ4v) is 2.28. The highest BCUT2D eigenvalue weighted by Gasteiger charge is 2.10. The van der Waals surface area contributed by atoms with Crippen molar-refractivity contribution in [3.05, 3.63) is 50.3 Å². The van der Waals surface area contributed by atoms with E-state index < -0.39 is 11.4 Å². The first kappa shape index (κ1) is 12.5. The number of nitrogens with zero attached hydrogens (tertiary/aromatic N) is 2. The Labute approximate surface area is 107 Å². The smallest absolute Gasteiger partial charge is 0.341 e. The van der Waals surface area contributed by atoms with E-state index in [1.807, 2.05) is 5.38 Å². The van der Waals surface area contributed by atoms with Crippen LogP contribution in [0.15, 0.2) is 28.6 Å². The van der Waals surface area contributed by atoms with Crippen molar-refractivity contribution >= 4 is 17.3 Å². The minimum atomic E-state index is -1.19. The van der Waals surface area contributed by atoms with Crippen molar-refractivity contribution in [3.63, 3.8) is 0 Å². The van der Waals surface area contributed by atoms with E-state index in [4.69, 9.17) is 5.11 Å². The number of pyridine rings is 1. The Balaban J connectivity index is 2.24. The van der Waals surface area contributed by atoms with E-state index in [0.29, 0.717) is 6.54 Å². The van der Waals surface area contributed by atoms with Crippen LogP contribution in [0.4, 0.5) is 0 Å². The summed E-state index contributed by atoms with van der Waals surface area (Å²) in [7, 11) is 0. The van der Waals surface area contributed by atoms with Crippen molar-refractivity contribution in [2.24, 2.45) is 0 Å². The lowest BCUT2D eigenvalue weighted by Crippen LogP contribution is -2.19. The van der Waals surface area contributed by atoms with Gasteiger partial charge in [-0.1, -0.05) is 0 Å². The third-order valence-corrected chi connectivity index (χ3v) is 3.46. The third kappa shape index (κ3) is 2.65. The van der Waals surface area contributed by atoms with Crippen molar-refractivity contribution in [2.75, 3.05) is 0 Å². The van der Waals surface area contributed by atoms with Gasteiger partial charge in [0.15, 0.2) is 5.43 Å². The molecule has 2 heterocycles. The van der Waals surface area contributed by atoms with E-state index in [9.17, 15) is 9.59 Å². The number of hydrogen-bond donors (Lipinski definition) is 1. The van der Waals surface area contributed by atoms with Crippen molar-refractivity contribution < 1.29 is 9.90 Å². The van der Waals surface area contributed by atoms with Gasteiger partial charge in [-0.25, -0.2) is 9.78 Å². The molecule has 0 unspecified atom stereocenters. The summed E-state index contributed by atoms with van der Waals surface area (Å²) in [5.74, 6) is -1.19. The van der Waals surface area contributed by atoms with Gasteiger partial charge in [0.25, 0.3) is 0 Å². The Hall–Kier alpha value is -1.95. The molecule has 0 fully saturated rings. The topological polar surface area (TPSA) is 72.2 Å². The molecule has 0 aliphatic carbocycles. The van der Waals surface area contributed by atoms with Gasteiger partial charge in [-0.2, -0.15) is 0 Å². The predicted molar refractivity (Wildman–Crippen MR) is 68.2 cm³/mol. The average Bonchev–Trinajstić information content (AvgIpc) is 2.80. The molecule has 0 bridgehead atoms. The van der Waals surface area contributed by atoms with E-state index in [1.54, 1.807) is 29.0 Å². The maximum absolute atomic E-state index is 11.5. The third-order valence-electron chi connectivity index (χ3n) is 2.62. The number of carbonyl (C=O) groups is 1. The fourth-order valence-electron chi connectivity index (χ4n) is 1.67. The fraction of sp³-hybridized carbons (Fsp3) is 0.250. The maximum atomic E-state index is 11.5. The number of thiazole rings is 1. The lowest BCUT2D eigenvalue weighted by molar-refractivity contribution is 0.0694. The molecule has 0 amide bonds. The zero-order valence-electron chi connectivity index (χ0n) is 9.79. The van der Waals surface area contributed by atoms with Crippen molar-refractivity contribution in [2.45, 2.75) is 19.9 Å². The van der Waals surface area contributed by atoms with Crippen LogP contribution in [-0.4, -0.2) is 20.6 Å². The number of hydrogen-bond acceptors (Lipinski definition) is 4. The molecule has 5 nitrogen and oxygen atoms in total. The van der Waals surface area contributed by atoms with E-state index >= 15 is 0 Å². The molecule has 0 atom stereocenters. The Morgan fingerprint density at radius 2 is 2.33 bits per heavy atom. The first-order valence-corrected chi connectivity index (χ1v) is 6.28. The molecule has 0 aliphatic heterocycles. The highest BCUT2D eigenvalue weighted by atomic mass is 32.1. The summed E-state index contributed by atoms with van der Waals surface area (Å²) < 4.78 is 1.77. The molecule has 18 heavy (non-hydrogen) atoms. The predicted octanol–water partition coefficient (Wildman–Crippen LogP) is 1.55. The maximum Gasteiger partial charge on any atom is 0.341 e. The first-order chi connectivity index (χ1) is 8.58. The van der Waals surface area contributed by atoms with Crippen molar-refractivity contribution in [1.82, 2.24) is 9.55 Å². The quantitative estimate of drug-likeness (QED) is 0.909. The van der Waals surface area contributed by atoms with Gasteiger partial charge in [0.2, 0.25) is 0 Å². The summed E-state index contributed by atoms with van der Waals surface area (Å²) >= 11 is 1.56. The van der Waals surface area contributed by atoms with Crippen LogP contribution in [0.3, 0.4) is 0 Å². The molecular weight excluding hydrogens is 252 g/mol. The van der Waals surface area contributed by atoms with Crippen LogP contribution in [0.1, 0.15) is 21.1 Å². The highest BCUT2D eigenvalue weighted by molar-refractivity contribution is 7.09. The molecule has 0 spiro atoms. The van der Waals surface area contributed by atoms with Crippen LogP contribution in [-0.2, 0) is 13.0 Å². The molecule has 0 saturated heterocycles.